The highest BCUT2D eigenvalue weighted by Crippen LogP contribution is 2.45. The summed E-state index contributed by atoms with van der Waals surface area (Å²) in [7, 11) is 0. The van der Waals surface area contributed by atoms with Gasteiger partial charge in [0.05, 0.1) is 13.2 Å². The number of hydrogen-bond donors (Lipinski definition) is 2. The molecule has 1 fully saturated rings. The molecule has 4 N–H and O–H groups in total. The van der Waals surface area contributed by atoms with E-state index in [2.05, 4.69) is 4.31 Å². The summed E-state index contributed by atoms with van der Waals surface area (Å²) in [6, 6.07) is 0. The number of nitrogens with zero attached hydrogens (tertiary/aromatic N) is 1. The lowest BCUT2D eigenvalue weighted by Crippen LogP contribution is -2.31. The molecule has 1 heterocycles. The van der Waals surface area contributed by atoms with Crippen molar-refractivity contribution in [3.05, 3.63) is 0 Å². The van der Waals surface area contributed by atoms with Gasteiger partial charge in [0.1, 0.15) is 5.54 Å². The van der Waals surface area contributed by atoms with Crippen LogP contribution in [0.25, 0.3) is 0 Å². The molecule has 0 aromatic heterocycles. The predicted molar refractivity (Wildman–Crippen MR) is 52.6 cm³/mol. The van der Waals surface area contributed by atoms with Crippen molar-refractivity contribution in [3.8, 4) is 0 Å². The highest BCUT2D eigenvalue weighted by Gasteiger charge is 2.15. The zero-order valence-corrected chi connectivity index (χ0v) is 8.63. The minimum atomic E-state index is -2.11. The third-order valence-corrected chi connectivity index (χ3v) is 4.12. The molecule has 1 saturated heterocycles. The number of nitrogens with two attached hydrogens (primary N) is 2. The average molecular weight is 213 g/mol. The van der Waals surface area contributed by atoms with E-state index >= 15 is 0 Å². The molecule has 0 spiro atoms. The van der Waals surface area contributed by atoms with E-state index in [-0.39, 0.29) is 0 Å². The molecule has 1 aliphatic rings. The van der Waals surface area contributed by atoms with E-state index < -0.39 is 5.54 Å². The molecule has 7 heteroatoms. The van der Waals surface area contributed by atoms with Gasteiger partial charge in [-0.1, -0.05) is 11.8 Å². The molecule has 0 unspecified atom stereocenters. The molecular weight excluding hydrogens is 201 g/mol. The fraction of sp³-hybridized carbons (Fsp3) is 1.00. The van der Waals surface area contributed by atoms with Gasteiger partial charge in [-0.15, -0.1) is 0 Å². The molecule has 0 radical (unpaired) electrons. The van der Waals surface area contributed by atoms with Crippen LogP contribution in [0.1, 0.15) is 0 Å². The summed E-state index contributed by atoms with van der Waals surface area (Å²) in [5.41, 5.74) is 8.99. The Hall–Kier alpha value is 0.840. The largest absolute Gasteiger partial charge is 0.379 e. The van der Waals surface area contributed by atoms with Crippen molar-refractivity contribution in [2.24, 2.45) is 11.0 Å². The normalized spacial score (nSPS) is 22.0. The van der Waals surface area contributed by atoms with Crippen LogP contribution in [0.3, 0.4) is 0 Å². The molecule has 66 valence electrons. The van der Waals surface area contributed by atoms with Crippen molar-refractivity contribution in [3.63, 3.8) is 0 Å². The molecular formula is C4H12N3OPS2. The molecule has 0 saturated carbocycles. The standard InChI is InChI=1S/C4H12N3OPS2/c5-9(6,10)11-7-1-3-8-4-2-7/h1-4H2,(H4,5,6,10). The van der Waals surface area contributed by atoms with Crippen molar-refractivity contribution in [2.45, 2.75) is 0 Å². The van der Waals surface area contributed by atoms with Crippen molar-refractivity contribution < 1.29 is 4.74 Å². The first-order chi connectivity index (χ1) is 5.08. The van der Waals surface area contributed by atoms with Gasteiger partial charge in [-0.3, -0.25) is 11.0 Å². The number of hydrogen-bond acceptors (Lipinski definition) is 4. The summed E-state index contributed by atoms with van der Waals surface area (Å²) in [4.78, 5) is 0. The molecule has 0 aromatic carbocycles. The van der Waals surface area contributed by atoms with E-state index in [1.807, 2.05) is 0 Å². The van der Waals surface area contributed by atoms with Crippen molar-refractivity contribution in [2.75, 3.05) is 26.3 Å². The maximum absolute atomic E-state index is 5.55. The van der Waals surface area contributed by atoms with E-state index in [1.54, 1.807) is 0 Å². The van der Waals surface area contributed by atoms with Crippen LogP contribution >= 0.6 is 17.1 Å². The maximum atomic E-state index is 5.55. The quantitative estimate of drug-likeness (QED) is 0.501. The zero-order valence-electron chi connectivity index (χ0n) is 6.10. The third kappa shape index (κ3) is 4.42. The first kappa shape index (κ1) is 9.92. The van der Waals surface area contributed by atoms with Gasteiger partial charge in [0.15, 0.2) is 0 Å². The van der Waals surface area contributed by atoms with Gasteiger partial charge >= 0.3 is 0 Å². The van der Waals surface area contributed by atoms with Gasteiger partial charge in [-0.05, 0) is 11.6 Å². The molecule has 11 heavy (non-hydrogen) atoms. The molecule has 0 bridgehead atoms. The zero-order chi connectivity index (χ0) is 8.32. The summed E-state index contributed by atoms with van der Waals surface area (Å²) in [5, 5.41) is 0. The number of rotatable bonds is 2. The smallest absolute Gasteiger partial charge is 0.136 e. The van der Waals surface area contributed by atoms with Crippen molar-refractivity contribution in [1.82, 2.24) is 4.31 Å². The Balaban J connectivity index is 2.30. The highest BCUT2D eigenvalue weighted by molar-refractivity contribution is 8.68. The number of ether oxygens (including phenoxy) is 1. The monoisotopic (exact) mass is 213 g/mol. The maximum Gasteiger partial charge on any atom is 0.136 e. The van der Waals surface area contributed by atoms with Gasteiger partial charge in [-0.25, -0.2) is 4.31 Å². The van der Waals surface area contributed by atoms with E-state index in [9.17, 15) is 0 Å². The van der Waals surface area contributed by atoms with Crippen LogP contribution in [0, 0.1) is 0 Å². The molecule has 0 amide bonds. The Morgan fingerprint density at radius 1 is 1.36 bits per heavy atom. The number of morpholine rings is 1. The molecule has 0 aromatic rings. The summed E-state index contributed by atoms with van der Waals surface area (Å²) < 4.78 is 7.24. The summed E-state index contributed by atoms with van der Waals surface area (Å²) in [6.07, 6.45) is 0. The molecule has 4 nitrogen and oxygen atoms in total. The van der Waals surface area contributed by atoms with E-state index in [1.165, 1.54) is 11.6 Å². The third-order valence-electron chi connectivity index (χ3n) is 1.21. The summed E-state index contributed by atoms with van der Waals surface area (Å²) >= 11 is 6.33. The Labute approximate surface area is 75.6 Å². The van der Waals surface area contributed by atoms with Gasteiger partial charge in [-0.2, -0.15) is 0 Å². The first-order valence-corrected chi connectivity index (χ1v) is 7.59. The second-order valence-electron chi connectivity index (χ2n) is 2.27. The van der Waals surface area contributed by atoms with E-state index in [4.69, 9.17) is 27.6 Å². The van der Waals surface area contributed by atoms with Crippen LogP contribution in [-0.2, 0) is 16.5 Å². The fourth-order valence-electron chi connectivity index (χ4n) is 0.809. The molecule has 0 atom stereocenters. The van der Waals surface area contributed by atoms with Crippen LogP contribution in [0.15, 0.2) is 0 Å². The van der Waals surface area contributed by atoms with Gasteiger partial charge in [0.25, 0.3) is 0 Å². The Bertz CT molecular complexity index is 167. The predicted octanol–water partition coefficient (Wildman–Crippen LogP) is 0.109. The second-order valence-corrected chi connectivity index (χ2v) is 9.05. The second kappa shape index (κ2) is 4.18. The van der Waals surface area contributed by atoms with E-state index in [0.29, 0.717) is 0 Å². The minimum Gasteiger partial charge on any atom is -0.379 e. The lowest BCUT2D eigenvalue weighted by atomic mass is 10.5. The summed E-state index contributed by atoms with van der Waals surface area (Å²) in [5.74, 6) is 0. The topological polar surface area (TPSA) is 64.5 Å². The highest BCUT2D eigenvalue weighted by atomic mass is 32.9. The summed E-state index contributed by atoms with van der Waals surface area (Å²) in [6.45, 7) is 3.25. The van der Waals surface area contributed by atoms with E-state index in [0.717, 1.165) is 26.3 Å². The SMILES string of the molecule is NP(N)(=S)SN1CCOCC1. The van der Waals surface area contributed by atoms with Gasteiger partial charge in [0, 0.05) is 13.1 Å². The Morgan fingerprint density at radius 2 is 1.91 bits per heavy atom. The van der Waals surface area contributed by atoms with Crippen LogP contribution in [-0.4, -0.2) is 30.6 Å². The van der Waals surface area contributed by atoms with Crippen LogP contribution < -0.4 is 11.0 Å². The molecule has 1 aliphatic heterocycles. The van der Waals surface area contributed by atoms with Crippen molar-refractivity contribution in [1.29, 1.82) is 0 Å². The molecule has 1 rings (SSSR count). The fourth-order valence-corrected chi connectivity index (χ4v) is 3.90. The average Bonchev–Trinajstić information content (AvgIpc) is 1.85. The lowest BCUT2D eigenvalue weighted by Gasteiger charge is -2.27. The first-order valence-electron chi connectivity index (χ1n) is 3.27. The van der Waals surface area contributed by atoms with Crippen molar-refractivity contribution >= 4 is 28.9 Å². The van der Waals surface area contributed by atoms with Crippen LogP contribution in [0.5, 0.6) is 0 Å². The lowest BCUT2D eigenvalue weighted by molar-refractivity contribution is 0.0779. The Kier molecular flexibility index (Phi) is 3.77. The van der Waals surface area contributed by atoms with Crippen LogP contribution in [0.4, 0.5) is 0 Å². The van der Waals surface area contributed by atoms with Gasteiger partial charge < -0.3 is 4.74 Å². The Morgan fingerprint density at radius 3 is 2.36 bits per heavy atom. The van der Waals surface area contributed by atoms with Crippen LogP contribution in [0.2, 0.25) is 0 Å². The van der Waals surface area contributed by atoms with Gasteiger partial charge in [0.2, 0.25) is 0 Å². The minimum absolute atomic E-state index is 0.752. The molecule has 0 aliphatic carbocycles.